The van der Waals surface area contributed by atoms with Crippen LogP contribution in [0.5, 0.6) is 0 Å². The van der Waals surface area contributed by atoms with E-state index in [-0.39, 0.29) is 11.9 Å². The highest BCUT2D eigenvalue weighted by molar-refractivity contribution is 5.67. The number of hydrogen-bond acceptors (Lipinski definition) is 3. The second kappa shape index (κ2) is 4.06. The number of nitrogens with zero attached hydrogens (tertiary/aromatic N) is 1. The summed E-state index contributed by atoms with van der Waals surface area (Å²) in [5.74, 6) is -0.294. The van der Waals surface area contributed by atoms with E-state index in [1.54, 1.807) is 6.07 Å². The number of morpholine rings is 1. The van der Waals surface area contributed by atoms with E-state index in [0.717, 1.165) is 18.8 Å². The predicted octanol–water partition coefficient (Wildman–Crippen LogP) is 1.63. The zero-order chi connectivity index (χ0) is 10.8. The Morgan fingerprint density at radius 3 is 3.00 bits per heavy atom. The number of benzene rings is 1. The second-order valence-corrected chi connectivity index (χ2v) is 3.83. The fraction of sp³-hybridized carbons (Fsp3) is 0.455. The highest BCUT2D eigenvalue weighted by atomic mass is 19.1. The number of hydrogen-bond donors (Lipinski definition) is 1. The van der Waals surface area contributed by atoms with Gasteiger partial charge in [-0.2, -0.15) is 0 Å². The standard InChI is InChI=1S/C11H15FN2O/c1-8-7-14(4-5-15-8)11-3-2-9(12)6-10(11)13/h2-3,6,8H,4-5,7,13H2,1H3. The Bertz CT molecular complexity index is 356. The lowest BCUT2D eigenvalue weighted by atomic mass is 10.2. The molecular weight excluding hydrogens is 195 g/mol. The van der Waals surface area contributed by atoms with E-state index in [1.807, 2.05) is 6.92 Å². The van der Waals surface area contributed by atoms with Gasteiger partial charge in [0.05, 0.1) is 24.1 Å². The molecule has 0 radical (unpaired) electrons. The highest BCUT2D eigenvalue weighted by Gasteiger charge is 2.18. The number of ether oxygens (including phenoxy) is 1. The summed E-state index contributed by atoms with van der Waals surface area (Å²) in [7, 11) is 0. The Kier molecular flexibility index (Phi) is 2.77. The van der Waals surface area contributed by atoms with Crippen LogP contribution >= 0.6 is 0 Å². The summed E-state index contributed by atoms with van der Waals surface area (Å²) in [6.45, 7) is 4.32. The first-order chi connectivity index (χ1) is 7.16. The monoisotopic (exact) mass is 210 g/mol. The van der Waals surface area contributed by atoms with E-state index in [2.05, 4.69) is 4.90 Å². The molecule has 1 fully saturated rings. The van der Waals surface area contributed by atoms with Crippen molar-refractivity contribution in [2.24, 2.45) is 0 Å². The van der Waals surface area contributed by atoms with Gasteiger partial charge < -0.3 is 15.4 Å². The molecule has 1 atom stereocenters. The number of rotatable bonds is 1. The van der Waals surface area contributed by atoms with Crippen LogP contribution in [-0.4, -0.2) is 25.8 Å². The molecule has 0 spiro atoms. The van der Waals surface area contributed by atoms with Crippen LogP contribution in [0.25, 0.3) is 0 Å². The van der Waals surface area contributed by atoms with Gasteiger partial charge in [-0.05, 0) is 25.1 Å². The van der Waals surface area contributed by atoms with Gasteiger partial charge in [0.2, 0.25) is 0 Å². The van der Waals surface area contributed by atoms with E-state index in [0.29, 0.717) is 12.3 Å². The molecule has 1 aliphatic heterocycles. The minimum Gasteiger partial charge on any atom is -0.397 e. The molecular formula is C11H15FN2O. The van der Waals surface area contributed by atoms with Gasteiger partial charge in [-0.3, -0.25) is 0 Å². The molecule has 82 valence electrons. The van der Waals surface area contributed by atoms with Crippen molar-refractivity contribution in [1.29, 1.82) is 0 Å². The van der Waals surface area contributed by atoms with Gasteiger partial charge in [0.1, 0.15) is 5.82 Å². The molecule has 2 N–H and O–H groups in total. The summed E-state index contributed by atoms with van der Waals surface area (Å²) in [5, 5.41) is 0. The van der Waals surface area contributed by atoms with Gasteiger partial charge in [-0.1, -0.05) is 0 Å². The topological polar surface area (TPSA) is 38.5 Å². The quantitative estimate of drug-likeness (QED) is 0.716. The van der Waals surface area contributed by atoms with Gasteiger partial charge >= 0.3 is 0 Å². The van der Waals surface area contributed by atoms with E-state index in [9.17, 15) is 4.39 Å². The fourth-order valence-electron chi connectivity index (χ4n) is 1.85. The Labute approximate surface area is 88.6 Å². The minimum absolute atomic E-state index is 0.197. The zero-order valence-electron chi connectivity index (χ0n) is 8.74. The molecule has 1 saturated heterocycles. The molecule has 0 aromatic heterocycles. The van der Waals surface area contributed by atoms with Gasteiger partial charge in [0, 0.05) is 13.1 Å². The van der Waals surface area contributed by atoms with E-state index in [1.165, 1.54) is 12.1 Å². The average Bonchev–Trinajstić information content (AvgIpc) is 2.17. The summed E-state index contributed by atoms with van der Waals surface area (Å²) in [4.78, 5) is 2.13. The molecule has 1 heterocycles. The van der Waals surface area contributed by atoms with Crippen molar-refractivity contribution in [3.8, 4) is 0 Å². The zero-order valence-corrected chi connectivity index (χ0v) is 8.74. The van der Waals surface area contributed by atoms with Gasteiger partial charge in [0.25, 0.3) is 0 Å². The lowest BCUT2D eigenvalue weighted by Gasteiger charge is -2.33. The van der Waals surface area contributed by atoms with Crippen molar-refractivity contribution >= 4 is 11.4 Å². The molecule has 1 unspecified atom stereocenters. The van der Waals surface area contributed by atoms with E-state index >= 15 is 0 Å². The maximum absolute atomic E-state index is 12.9. The minimum atomic E-state index is -0.294. The molecule has 0 saturated carbocycles. The van der Waals surface area contributed by atoms with E-state index in [4.69, 9.17) is 10.5 Å². The van der Waals surface area contributed by atoms with Crippen molar-refractivity contribution < 1.29 is 9.13 Å². The van der Waals surface area contributed by atoms with Crippen molar-refractivity contribution in [2.75, 3.05) is 30.3 Å². The first-order valence-electron chi connectivity index (χ1n) is 5.08. The van der Waals surface area contributed by atoms with Crippen LogP contribution in [0.3, 0.4) is 0 Å². The summed E-state index contributed by atoms with van der Waals surface area (Å²) in [6.07, 6.45) is 0.197. The van der Waals surface area contributed by atoms with Crippen LogP contribution < -0.4 is 10.6 Å². The second-order valence-electron chi connectivity index (χ2n) is 3.83. The van der Waals surface area contributed by atoms with Gasteiger partial charge in [-0.15, -0.1) is 0 Å². The summed E-state index contributed by atoms with van der Waals surface area (Å²) >= 11 is 0. The summed E-state index contributed by atoms with van der Waals surface area (Å²) in [5.41, 5.74) is 7.16. The van der Waals surface area contributed by atoms with E-state index < -0.39 is 0 Å². The normalized spacial score (nSPS) is 21.7. The summed E-state index contributed by atoms with van der Waals surface area (Å²) < 4.78 is 18.3. The highest BCUT2D eigenvalue weighted by Crippen LogP contribution is 2.25. The Morgan fingerprint density at radius 1 is 1.53 bits per heavy atom. The third kappa shape index (κ3) is 2.21. The third-order valence-corrected chi connectivity index (χ3v) is 2.57. The molecule has 4 heteroatoms. The molecule has 0 bridgehead atoms. The molecule has 1 aliphatic rings. The molecule has 0 aliphatic carbocycles. The number of anilines is 2. The van der Waals surface area contributed by atoms with Crippen LogP contribution in [0.2, 0.25) is 0 Å². The van der Waals surface area contributed by atoms with Crippen molar-refractivity contribution in [1.82, 2.24) is 0 Å². The van der Waals surface area contributed by atoms with Crippen LogP contribution in [0.1, 0.15) is 6.92 Å². The van der Waals surface area contributed by atoms with Gasteiger partial charge in [0.15, 0.2) is 0 Å². The largest absolute Gasteiger partial charge is 0.397 e. The fourth-order valence-corrected chi connectivity index (χ4v) is 1.85. The smallest absolute Gasteiger partial charge is 0.125 e. The van der Waals surface area contributed by atoms with Crippen LogP contribution in [0, 0.1) is 5.82 Å². The maximum Gasteiger partial charge on any atom is 0.125 e. The molecule has 15 heavy (non-hydrogen) atoms. The molecule has 1 aromatic rings. The van der Waals surface area contributed by atoms with Crippen molar-refractivity contribution in [3.05, 3.63) is 24.0 Å². The van der Waals surface area contributed by atoms with Gasteiger partial charge in [-0.25, -0.2) is 4.39 Å². The average molecular weight is 210 g/mol. The third-order valence-electron chi connectivity index (χ3n) is 2.57. The number of nitrogens with two attached hydrogens (primary N) is 1. The first kappa shape index (κ1) is 10.2. The first-order valence-corrected chi connectivity index (χ1v) is 5.08. The predicted molar refractivity (Wildman–Crippen MR) is 58.4 cm³/mol. The SMILES string of the molecule is CC1CN(c2ccc(F)cc2N)CCO1. The molecule has 2 rings (SSSR count). The Balaban J connectivity index is 2.21. The summed E-state index contributed by atoms with van der Waals surface area (Å²) in [6, 6.07) is 4.52. The Morgan fingerprint density at radius 2 is 2.33 bits per heavy atom. The lowest BCUT2D eigenvalue weighted by Crippen LogP contribution is -2.41. The van der Waals surface area contributed by atoms with Crippen LogP contribution in [0.4, 0.5) is 15.8 Å². The number of nitrogen functional groups attached to an aromatic ring is 1. The van der Waals surface area contributed by atoms with Crippen molar-refractivity contribution in [2.45, 2.75) is 13.0 Å². The van der Waals surface area contributed by atoms with Crippen molar-refractivity contribution in [3.63, 3.8) is 0 Å². The van der Waals surface area contributed by atoms with Crippen LogP contribution in [-0.2, 0) is 4.74 Å². The van der Waals surface area contributed by atoms with Crippen LogP contribution in [0.15, 0.2) is 18.2 Å². The lowest BCUT2D eigenvalue weighted by molar-refractivity contribution is 0.0533. The number of halogens is 1. The molecule has 0 amide bonds. The molecule has 1 aromatic carbocycles. The molecule has 3 nitrogen and oxygen atoms in total. The maximum atomic E-state index is 12.9. The Hall–Kier alpha value is -1.29.